The van der Waals surface area contributed by atoms with Crippen LogP contribution in [0, 0.1) is 0 Å². The molecule has 1 heterocycles. The monoisotopic (exact) mass is 181 g/mol. The Morgan fingerprint density at radius 2 is 2.31 bits per heavy atom. The second kappa shape index (κ2) is 4.70. The molecule has 0 unspecified atom stereocenters. The van der Waals surface area contributed by atoms with Crippen molar-refractivity contribution < 1.29 is 9.90 Å². The predicted octanol–water partition coefficient (Wildman–Crippen LogP) is 2.45. The molecule has 3 heteroatoms. The highest BCUT2D eigenvalue weighted by atomic mass is 16.4. The molecular formula is C10H15NO2. The van der Waals surface area contributed by atoms with Crippen LogP contribution in [0.3, 0.4) is 0 Å². The minimum absolute atomic E-state index is 0.344. The Bertz CT molecular complexity index is 278. The minimum Gasteiger partial charge on any atom is -0.477 e. The average molecular weight is 181 g/mol. The lowest BCUT2D eigenvalue weighted by molar-refractivity contribution is 0.0690. The quantitative estimate of drug-likeness (QED) is 0.685. The molecule has 1 rings (SSSR count). The molecule has 1 aromatic rings. The third-order valence-electron chi connectivity index (χ3n) is 2.10. The zero-order valence-electron chi connectivity index (χ0n) is 7.84. The normalized spacial score (nSPS) is 10.2. The molecule has 0 radical (unpaired) electrons. The molecule has 0 saturated carbocycles. The van der Waals surface area contributed by atoms with Gasteiger partial charge in [-0.2, -0.15) is 0 Å². The zero-order valence-corrected chi connectivity index (χ0v) is 7.84. The van der Waals surface area contributed by atoms with Crippen LogP contribution in [0.5, 0.6) is 0 Å². The van der Waals surface area contributed by atoms with Gasteiger partial charge in [-0.1, -0.05) is 19.8 Å². The highest BCUT2D eigenvalue weighted by molar-refractivity contribution is 5.87. The largest absolute Gasteiger partial charge is 0.477 e. The van der Waals surface area contributed by atoms with E-state index < -0.39 is 5.97 Å². The Hall–Kier alpha value is -1.25. The van der Waals surface area contributed by atoms with Crippen molar-refractivity contribution in [3.05, 3.63) is 23.5 Å². The Balaban J connectivity index is 2.55. The van der Waals surface area contributed by atoms with Crippen LogP contribution in [0.1, 0.15) is 42.2 Å². The summed E-state index contributed by atoms with van der Waals surface area (Å²) in [6, 6.07) is 1.85. The molecule has 3 nitrogen and oxygen atoms in total. The van der Waals surface area contributed by atoms with Crippen molar-refractivity contribution in [2.75, 3.05) is 0 Å². The van der Waals surface area contributed by atoms with E-state index in [4.69, 9.17) is 5.11 Å². The molecule has 0 aliphatic heterocycles. The topological polar surface area (TPSA) is 53.1 Å². The van der Waals surface area contributed by atoms with Crippen LogP contribution in [0.15, 0.2) is 12.3 Å². The van der Waals surface area contributed by atoms with Gasteiger partial charge in [0.15, 0.2) is 0 Å². The van der Waals surface area contributed by atoms with Gasteiger partial charge in [-0.3, -0.25) is 0 Å². The van der Waals surface area contributed by atoms with Crippen molar-refractivity contribution in [1.29, 1.82) is 0 Å². The average Bonchev–Trinajstić information content (AvgIpc) is 2.53. The fourth-order valence-corrected chi connectivity index (χ4v) is 1.37. The molecular weight excluding hydrogens is 166 g/mol. The molecule has 0 aliphatic rings. The lowest BCUT2D eigenvalue weighted by Gasteiger charge is -1.98. The van der Waals surface area contributed by atoms with E-state index in [1.54, 1.807) is 6.20 Å². The summed E-state index contributed by atoms with van der Waals surface area (Å²) in [7, 11) is 0. The van der Waals surface area contributed by atoms with Crippen molar-refractivity contribution >= 4 is 5.97 Å². The molecule has 0 atom stereocenters. The summed E-state index contributed by atoms with van der Waals surface area (Å²) < 4.78 is 0. The van der Waals surface area contributed by atoms with E-state index >= 15 is 0 Å². The number of aromatic nitrogens is 1. The summed E-state index contributed by atoms with van der Waals surface area (Å²) >= 11 is 0. The number of aryl methyl sites for hydroxylation is 1. The Labute approximate surface area is 77.8 Å². The number of rotatable bonds is 5. The number of aromatic amines is 1. The van der Waals surface area contributed by atoms with Gasteiger partial charge < -0.3 is 10.1 Å². The first-order valence-electron chi connectivity index (χ1n) is 4.65. The fraction of sp³-hybridized carbons (Fsp3) is 0.500. The molecule has 2 N–H and O–H groups in total. The summed E-state index contributed by atoms with van der Waals surface area (Å²) in [6.07, 6.45) is 5.93. The highest BCUT2D eigenvalue weighted by Crippen LogP contribution is 2.11. The molecule has 0 spiro atoms. The van der Waals surface area contributed by atoms with Gasteiger partial charge in [-0.05, 0) is 24.5 Å². The summed E-state index contributed by atoms with van der Waals surface area (Å²) in [5.41, 5.74) is 1.26. The second-order valence-corrected chi connectivity index (χ2v) is 3.14. The minimum atomic E-state index is -0.864. The van der Waals surface area contributed by atoms with E-state index in [-0.39, 0.29) is 0 Å². The van der Waals surface area contributed by atoms with Crippen molar-refractivity contribution in [1.82, 2.24) is 4.98 Å². The number of unbranched alkanes of at least 4 members (excludes halogenated alkanes) is 2. The third-order valence-corrected chi connectivity index (χ3v) is 2.10. The number of H-pyrrole nitrogens is 1. The first-order chi connectivity index (χ1) is 6.25. The van der Waals surface area contributed by atoms with Gasteiger partial charge >= 0.3 is 5.97 Å². The number of hydrogen-bond donors (Lipinski definition) is 2. The van der Waals surface area contributed by atoms with Crippen LogP contribution in [0.25, 0.3) is 0 Å². The van der Waals surface area contributed by atoms with E-state index in [0.717, 1.165) is 31.2 Å². The van der Waals surface area contributed by atoms with Crippen LogP contribution in [-0.4, -0.2) is 16.1 Å². The van der Waals surface area contributed by atoms with E-state index in [1.807, 2.05) is 6.07 Å². The first-order valence-corrected chi connectivity index (χ1v) is 4.65. The maximum atomic E-state index is 10.7. The number of nitrogens with one attached hydrogen (secondary N) is 1. The first kappa shape index (κ1) is 9.84. The molecule has 0 saturated heterocycles. The van der Waals surface area contributed by atoms with Crippen LogP contribution in [0.4, 0.5) is 0 Å². The van der Waals surface area contributed by atoms with Gasteiger partial charge in [0, 0.05) is 6.20 Å². The molecule has 0 fully saturated rings. The van der Waals surface area contributed by atoms with Crippen LogP contribution >= 0.6 is 0 Å². The van der Waals surface area contributed by atoms with Crippen molar-refractivity contribution in [3.63, 3.8) is 0 Å². The van der Waals surface area contributed by atoms with Gasteiger partial charge in [-0.25, -0.2) is 4.79 Å². The van der Waals surface area contributed by atoms with E-state index in [1.165, 1.54) is 0 Å². The maximum absolute atomic E-state index is 10.7. The number of hydrogen-bond acceptors (Lipinski definition) is 1. The second-order valence-electron chi connectivity index (χ2n) is 3.14. The Morgan fingerprint density at radius 3 is 2.92 bits per heavy atom. The molecule has 1 aromatic heterocycles. The number of carbonyl (C=O) groups is 1. The Morgan fingerprint density at radius 1 is 1.54 bits per heavy atom. The highest BCUT2D eigenvalue weighted by Gasteiger charge is 2.09. The molecule has 0 bridgehead atoms. The maximum Gasteiger partial charge on any atom is 0.352 e. The number of aromatic carboxylic acids is 1. The number of carboxylic acid groups (broad SMARTS) is 1. The molecule has 72 valence electrons. The SMILES string of the molecule is CCCCCc1cc[nH]c1C(=O)O. The van der Waals surface area contributed by atoms with E-state index in [0.29, 0.717) is 5.69 Å². The van der Waals surface area contributed by atoms with Gasteiger partial charge in [-0.15, -0.1) is 0 Å². The number of carboxylic acids is 1. The van der Waals surface area contributed by atoms with Gasteiger partial charge in [0.1, 0.15) is 5.69 Å². The van der Waals surface area contributed by atoms with Crippen molar-refractivity contribution in [3.8, 4) is 0 Å². The fourth-order valence-electron chi connectivity index (χ4n) is 1.37. The van der Waals surface area contributed by atoms with Crippen LogP contribution in [-0.2, 0) is 6.42 Å². The van der Waals surface area contributed by atoms with Crippen molar-refractivity contribution in [2.24, 2.45) is 0 Å². The van der Waals surface area contributed by atoms with E-state index in [2.05, 4.69) is 11.9 Å². The standard InChI is InChI=1S/C10H15NO2/c1-2-3-4-5-8-6-7-11-9(8)10(12)13/h6-7,11H,2-5H2,1H3,(H,12,13). The van der Waals surface area contributed by atoms with Crippen molar-refractivity contribution in [2.45, 2.75) is 32.6 Å². The summed E-state index contributed by atoms with van der Waals surface area (Å²) in [4.78, 5) is 13.4. The third kappa shape index (κ3) is 2.61. The molecule has 0 amide bonds. The summed E-state index contributed by atoms with van der Waals surface area (Å²) in [5.74, 6) is -0.864. The summed E-state index contributed by atoms with van der Waals surface area (Å²) in [5, 5.41) is 8.78. The predicted molar refractivity (Wildman–Crippen MR) is 51.0 cm³/mol. The van der Waals surface area contributed by atoms with E-state index in [9.17, 15) is 4.79 Å². The van der Waals surface area contributed by atoms with Crippen LogP contribution < -0.4 is 0 Å². The smallest absolute Gasteiger partial charge is 0.352 e. The van der Waals surface area contributed by atoms with Gasteiger partial charge in [0.05, 0.1) is 0 Å². The Kier molecular flexibility index (Phi) is 3.55. The van der Waals surface area contributed by atoms with Gasteiger partial charge in [0.2, 0.25) is 0 Å². The van der Waals surface area contributed by atoms with Crippen LogP contribution in [0.2, 0.25) is 0 Å². The van der Waals surface area contributed by atoms with Gasteiger partial charge in [0.25, 0.3) is 0 Å². The zero-order chi connectivity index (χ0) is 9.68. The lowest BCUT2D eigenvalue weighted by Crippen LogP contribution is -2.01. The summed E-state index contributed by atoms with van der Waals surface area (Å²) in [6.45, 7) is 2.13. The molecule has 0 aromatic carbocycles. The molecule has 13 heavy (non-hydrogen) atoms. The molecule has 0 aliphatic carbocycles. The lowest BCUT2D eigenvalue weighted by atomic mass is 10.1.